The fourth-order valence-corrected chi connectivity index (χ4v) is 5.67. The molecule has 1 N–H and O–H groups in total. The first-order valence-electron chi connectivity index (χ1n) is 12.6. The largest absolute Gasteiger partial charge is 0.476 e. The van der Waals surface area contributed by atoms with Crippen molar-refractivity contribution < 1.29 is 23.8 Å². The van der Waals surface area contributed by atoms with Crippen molar-refractivity contribution in [2.45, 2.75) is 38.6 Å². The van der Waals surface area contributed by atoms with Crippen LogP contribution >= 0.6 is 22.9 Å². The van der Waals surface area contributed by atoms with Crippen molar-refractivity contribution in [2.75, 3.05) is 19.7 Å². The molecule has 4 aromatic rings. The molecule has 0 saturated carbocycles. The molecule has 5 heterocycles. The summed E-state index contributed by atoms with van der Waals surface area (Å²) in [4.78, 5) is 28.0. The highest BCUT2D eigenvalue weighted by molar-refractivity contribution is 7.19. The molecule has 12 heteroatoms. The lowest BCUT2D eigenvalue weighted by Gasteiger charge is -2.29. The summed E-state index contributed by atoms with van der Waals surface area (Å²) in [5, 5.41) is 9.73. The number of pyridine rings is 1. The van der Waals surface area contributed by atoms with Crippen molar-refractivity contribution in [3.05, 3.63) is 75.4 Å². The van der Waals surface area contributed by atoms with Gasteiger partial charge in [0.25, 0.3) is 0 Å². The number of nitrogens with zero attached hydrogens (tertiary/aromatic N) is 5. The molecular formula is C27H25ClFN5O4S. The van der Waals surface area contributed by atoms with E-state index < -0.39 is 11.8 Å². The molecule has 0 bridgehead atoms. The van der Waals surface area contributed by atoms with E-state index in [1.807, 2.05) is 12.1 Å². The molecule has 0 radical (unpaired) electrons. The minimum Gasteiger partial charge on any atom is -0.476 e. The van der Waals surface area contributed by atoms with Crippen LogP contribution in [0, 0.1) is 5.82 Å². The number of halogens is 2. The molecule has 202 valence electrons. The van der Waals surface area contributed by atoms with Crippen LogP contribution in [0.3, 0.4) is 0 Å². The lowest BCUT2D eigenvalue weighted by atomic mass is 10.0. The highest BCUT2D eigenvalue weighted by Crippen LogP contribution is 2.28. The van der Waals surface area contributed by atoms with Gasteiger partial charge in [-0.05, 0) is 36.6 Å². The number of thiazole rings is 1. The van der Waals surface area contributed by atoms with Crippen LogP contribution in [0.1, 0.15) is 39.7 Å². The van der Waals surface area contributed by atoms with Crippen molar-refractivity contribution >= 4 is 45.0 Å². The number of hydrogen-bond acceptors (Lipinski definition) is 8. The van der Waals surface area contributed by atoms with Gasteiger partial charge in [-0.2, -0.15) is 0 Å². The van der Waals surface area contributed by atoms with Crippen molar-refractivity contribution in [3.8, 4) is 5.88 Å². The Morgan fingerprint density at radius 3 is 2.85 bits per heavy atom. The second-order valence-corrected chi connectivity index (χ2v) is 10.9. The number of carboxylic acids is 1. The average Bonchev–Trinajstić information content (AvgIpc) is 3.45. The second-order valence-electron chi connectivity index (χ2n) is 9.47. The van der Waals surface area contributed by atoms with Crippen molar-refractivity contribution in [1.82, 2.24) is 24.4 Å². The SMILES string of the molecule is O=C(O)c1nc2nc(CN3CC=C(c4cccc(OCc5ccc(Cl)cc5F)n4)CC3)n(C[C@@H]3CCO3)c2s1. The normalized spacial score (nSPS) is 17.7. The molecule has 0 spiro atoms. The van der Waals surface area contributed by atoms with Gasteiger partial charge < -0.3 is 19.1 Å². The predicted octanol–water partition coefficient (Wildman–Crippen LogP) is 5.04. The minimum atomic E-state index is -1.04. The molecule has 3 aromatic heterocycles. The molecule has 1 fully saturated rings. The lowest BCUT2D eigenvalue weighted by Crippen LogP contribution is -2.33. The van der Waals surface area contributed by atoms with Gasteiger partial charge in [0.15, 0.2) is 5.65 Å². The fraction of sp³-hybridized carbons (Fsp3) is 0.333. The summed E-state index contributed by atoms with van der Waals surface area (Å²) in [6.45, 7) is 3.59. The molecular weight excluding hydrogens is 545 g/mol. The van der Waals surface area contributed by atoms with E-state index in [1.54, 1.807) is 18.2 Å². The number of imidazole rings is 1. The highest BCUT2D eigenvalue weighted by Gasteiger charge is 2.26. The molecule has 2 aliphatic heterocycles. The third kappa shape index (κ3) is 5.67. The molecule has 2 aliphatic rings. The van der Waals surface area contributed by atoms with Crippen molar-refractivity contribution in [1.29, 1.82) is 0 Å². The average molecular weight is 570 g/mol. The van der Waals surface area contributed by atoms with E-state index in [2.05, 4.69) is 30.5 Å². The summed E-state index contributed by atoms with van der Waals surface area (Å²) in [7, 11) is 0. The number of fused-ring (bicyclic) bond motifs is 1. The van der Waals surface area contributed by atoms with E-state index in [-0.39, 0.29) is 17.7 Å². The first-order valence-corrected chi connectivity index (χ1v) is 13.8. The van der Waals surface area contributed by atoms with Gasteiger partial charge in [-0.25, -0.2) is 24.1 Å². The summed E-state index contributed by atoms with van der Waals surface area (Å²) in [6.07, 6.45) is 4.04. The topological polar surface area (TPSA) is 103 Å². The van der Waals surface area contributed by atoms with E-state index in [0.29, 0.717) is 41.7 Å². The van der Waals surface area contributed by atoms with Gasteiger partial charge in [0.05, 0.1) is 24.9 Å². The minimum absolute atomic E-state index is 0.0462. The van der Waals surface area contributed by atoms with Gasteiger partial charge in [0.1, 0.15) is 23.1 Å². The smallest absolute Gasteiger partial charge is 0.365 e. The maximum atomic E-state index is 14.1. The zero-order valence-corrected chi connectivity index (χ0v) is 22.4. The Morgan fingerprint density at radius 1 is 1.26 bits per heavy atom. The Hall–Kier alpha value is -3.38. The molecule has 0 aliphatic carbocycles. The number of carboxylic acid groups (broad SMARTS) is 1. The molecule has 1 aromatic carbocycles. The summed E-state index contributed by atoms with van der Waals surface area (Å²) in [5.41, 5.74) is 2.84. The second kappa shape index (κ2) is 11.0. The Morgan fingerprint density at radius 2 is 2.13 bits per heavy atom. The van der Waals surface area contributed by atoms with Crippen molar-refractivity contribution in [2.24, 2.45) is 0 Å². The maximum Gasteiger partial charge on any atom is 0.365 e. The molecule has 1 atom stereocenters. The molecule has 0 amide bonds. The number of aromatic carboxylic acids is 1. The van der Waals surface area contributed by atoms with Gasteiger partial charge in [0, 0.05) is 36.3 Å². The van der Waals surface area contributed by atoms with Crippen LogP contribution in [0.25, 0.3) is 16.1 Å². The number of rotatable bonds is 9. The van der Waals surface area contributed by atoms with Crippen LogP contribution in [-0.4, -0.2) is 61.3 Å². The number of hydrogen-bond donors (Lipinski definition) is 1. The quantitative estimate of drug-likeness (QED) is 0.299. The van der Waals surface area contributed by atoms with Crippen LogP contribution in [0.2, 0.25) is 5.02 Å². The third-order valence-corrected chi connectivity index (χ3v) is 8.14. The Kier molecular flexibility index (Phi) is 7.30. The van der Waals surface area contributed by atoms with Crippen LogP contribution in [0.5, 0.6) is 5.88 Å². The van der Waals surface area contributed by atoms with Crippen LogP contribution < -0.4 is 4.74 Å². The predicted molar refractivity (Wildman–Crippen MR) is 145 cm³/mol. The van der Waals surface area contributed by atoms with Crippen LogP contribution in [0.4, 0.5) is 4.39 Å². The Balaban J connectivity index is 1.13. The Labute approximate surface area is 232 Å². The molecule has 9 nitrogen and oxygen atoms in total. The number of carbonyl (C=O) groups is 1. The van der Waals surface area contributed by atoms with E-state index in [0.717, 1.165) is 59.3 Å². The number of benzene rings is 1. The van der Waals surface area contributed by atoms with Gasteiger partial charge in [-0.3, -0.25) is 4.90 Å². The van der Waals surface area contributed by atoms with Crippen LogP contribution in [-0.2, 0) is 24.4 Å². The maximum absolute atomic E-state index is 14.1. The zero-order valence-electron chi connectivity index (χ0n) is 20.8. The fourth-order valence-electron chi connectivity index (χ4n) is 4.64. The molecule has 6 rings (SSSR count). The van der Waals surface area contributed by atoms with E-state index in [1.165, 1.54) is 6.07 Å². The van der Waals surface area contributed by atoms with Gasteiger partial charge in [-0.15, -0.1) is 0 Å². The summed E-state index contributed by atoms with van der Waals surface area (Å²) in [6, 6.07) is 10.1. The molecule has 39 heavy (non-hydrogen) atoms. The monoisotopic (exact) mass is 569 g/mol. The van der Waals surface area contributed by atoms with Gasteiger partial charge in [0.2, 0.25) is 10.9 Å². The first-order chi connectivity index (χ1) is 18.9. The Bertz CT molecular complexity index is 1570. The third-order valence-electron chi connectivity index (χ3n) is 6.85. The zero-order chi connectivity index (χ0) is 26.9. The number of ether oxygens (including phenoxy) is 2. The van der Waals surface area contributed by atoms with E-state index in [4.69, 9.17) is 21.1 Å². The summed E-state index contributed by atoms with van der Waals surface area (Å²) >= 11 is 6.98. The van der Waals surface area contributed by atoms with Gasteiger partial charge >= 0.3 is 5.97 Å². The van der Waals surface area contributed by atoms with E-state index >= 15 is 0 Å². The lowest BCUT2D eigenvalue weighted by molar-refractivity contribution is -0.0591. The van der Waals surface area contributed by atoms with E-state index in [9.17, 15) is 14.3 Å². The molecule has 1 saturated heterocycles. The van der Waals surface area contributed by atoms with Gasteiger partial charge in [-0.1, -0.05) is 41.1 Å². The first kappa shape index (κ1) is 25.9. The summed E-state index contributed by atoms with van der Waals surface area (Å²) in [5.74, 6) is -0.165. The molecule has 0 unspecified atom stereocenters. The number of aromatic nitrogens is 4. The standard InChI is InChI=1S/C27H25ClFN5O4S/c28-18-5-4-17(20(29)12-18)15-38-23-3-1-2-21(30-23)16-6-9-33(10-7-16)14-22-31-24-26(39-25(32-24)27(35)36)34(22)13-19-8-11-37-19/h1-6,12,19H,7-11,13-15H2,(H,35,36)/t19-/m0/s1. The highest BCUT2D eigenvalue weighted by atomic mass is 35.5. The van der Waals surface area contributed by atoms with Crippen molar-refractivity contribution in [3.63, 3.8) is 0 Å². The summed E-state index contributed by atoms with van der Waals surface area (Å²) < 4.78 is 27.5. The van der Waals surface area contributed by atoms with Crippen LogP contribution in [0.15, 0.2) is 42.5 Å².